The summed E-state index contributed by atoms with van der Waals surface area (Å²) in [7, 11) is -3.34. The van der Waals surface area contributed by atoms with Crippen molar-refractivity contribution in [2.45, 2.75) is 11.8 Å². The van der Waals surface area contributed by atoms with Crippen molar-refractivity contribution in [2.24, 2.45) is 0 Å². The molecule has 0 unspecified atom stereocenters. The molecule has 4 nitrogen and oxygen atoms in total. The highest BCUT2D eigenvalue weighted by Gasteiger charge is 2.16. The summed E-state index contributed by atoms with van der Waals surface area (Å²) in [4.78, 5) is 4.20. The maximum Gasteiger partial charge on any atom is 0.256 e. The lowest BCUT2D eigenvalue weighted by Gasteiger charge is -1.99. The zero-order valence-electron chi connectivity index (χ0n) is 12.4. The van der Waals surface area contributed by atoms with Crippen LogP contribution in [0.25, 0.3) is 23.0 Å². The maximum absolute atomic E-state index is 14.2. The number of hydrogen-bond acceptors (Lipinski definition) is 4. The van der Waals surface area contributed by atoms with Crippen LogP contribution in [0.5, 0.6) is 0 Å². The van der Waals surface area contributed by atoms with Crippen molar-refractivity contribution in [3.8, 4) is 0 Å². The number of aromatic nitrogens is 1. The fourth-order valence-electron chi connectivity index (χ4n) is 2.13. The van der Waals surface area contributed by atoms with Gasteiger partial charge in [-0.05, 0) is 29.8 Å². The molecular weight excluding hydrogens is 317 g/mol. The van der Waals surface area contributed by atoms with Crippen LogP contribution in [-0.2, 0) is 9.84 Å². The quantitative estimate of drug-likeness (QED) is 0.722. The van der Waals surface area contributed by atoms with Crippen LogP contribution in [0.4, 0.5) is 4.39 Å². The molecule has 0 fully saturated rings. The minimum absolute atomic E-state index is 0.00845. The minimum Gasteiger partial charge on any atom is -0.434 e. The summed E-state index contributed by atoms with van der Waals surface area (Å²) < 4.78 is 43.4. The largest absolute Gasteiger partial charge is 0.434 e. The van der Waals surface area contributed by atoms with E-state index in [0.29, 0.717) is 16.7 Å². The zero-order chi connectivity index (χ0) is 16.4. The van der Waals surface area contributed by atoms with Crippen molar-refractivity contribution >= 4 is 32.8 Å². The van der Waals surface area contributed by atoms with Crippen molar-refractivity contribution < 1.29 is 17.2 Å². The molecule has 3 aromatic rings. The van der Waals surface area contributed by atoms with Crippen LogP contribution in [0.2, 0.25) is 0 Å². The van der Waals surface area contributed by atoms with Gasteiger partial charge in [-0.15, -0.1) is 0 Å². The van der Waals surface area contributed by atoms with Gasteiger partial charge >= 0.3 is 0 Å². The first kappa shape index (κ1) is 15.4. The lowest BCUT2D eigenvalue weighted by Crippen LogP contribution is -2.03. The van der Waals surface area contributed by atoms with E-state index in [1.807, 2.05) is 6.07 Å². The van der Waals surface area contributed by atoms with Crippen LogP contribution in [-0.4, -0.2) is 19.2 Å². The molecule has 0 amide bonds. The van der Waals surface area contributed by atoms with Crippen LogP contribution in [0.1, 0.15) is 18.4 Å². The van der Waals surface area contributed by atoms with Gasteiger partial charge in [0.05, 0.1) is 10.6 Å². The van der Waals surface area contributed by atoms with Crippen LogP contribution >= 0.6 is 0 Å². The van der Waals surface area contributed by atoms with E-state index in [4.69, 9.17) is 4.42 Å². The Balaban J connectivity index is 2.02. The third-order valence-electron chi connectivity index (χ3n) is 3.40. The molecule has 0 atom stereocenters. The summed E-state index contributed by atoms with van der Waals surface area (Å²) in [6.45, 7) is 1.57. The average molecular weight is 331 g/mol. The Morgan fingerprint density at radius 2 is 1.96 bits per heavy atom. The molecular formula is C17H14FNO3S. The lowest BCUT2D eigenvalue weighted by molar-refractivity contribution is 0.556. The number of sulfone groups is 1. The predicted molar refractivity (Wildman–Crippen MR) is 87.2 cm³/mol. The highest BCUT2D eigenvalue weighted by molar-refractivity contribution is 7.91. The van der Waals surface area contributed by atoms with Crippen molar-refractivity contribution in [3.05, 3.63) is 60.0 Å². The first-order chi connectivity index (χ1) is 11.0. The summed E-state index contributed by atoms with van der Waals surface area (Å²) in [6.07, 6.45) is 1.31. The van der Waals surface area contributed by atoms with Crippen LogP contribution in [0.3, 0.4) is 0 Å². The number of oxazole rings is 1. The highest BCUT2D eigenvalue weighted by Crippen LogP contribution is 2.26. The number of nitrogens with zero attached hydrogens (tertiary/aromatic N) is 1. The van der Waals surface area contributed by atoms with E-state index >= 15 is 0 Å². The Morgan fingerprint density at radius 1 is 1.22 bits per heavy atom. The molecule has 6 heteroatoms. The van der Waals surface area contributed by atoms with Crippen LogP contribution in [0, 0.1) is 0 Å². The van der Waals surface area contributed by atoms with Gasteiger partial charge in [-0.25, -0.2) is 17.8 Å². The van der Waals surface area contributed by atoms with Crippen molar-refractivity contribution in [2.75, 3.05) is 5.75 Å². The topological polar surface area (TPSA) is 60.2 Å². The van der Waals surface area contributed by atoms with E-state index in [1.54, 1.807) is 31.2 Å². The van der Waals surface area contributed by atoms with Crippen molar-refractivity contribution in [1.82, 2.24) is 4.98 Å². The molecule has 3 rings (SSSR count). The van der Waals surface area contributed by atoms with Gasteiger partial charge in [0.1, 0.15) is 5.52 Å². The summed E-state index contributed by atoms with van der Waals surface area (Å²) in [6, 6.07) is 13.3. The Kier molecular flexibility index (Phi) is 4.00. The fraction of sp³-hybridized carbons (Fsp3) is 0.118. The molecule has 0 bridgehead atoms. The highest BCUT2D eigenvalue weighted by atomic mass is 32.2. The second-order valence-electron chi connectivity index (χ2n) is 4.95. The first-order valence-corrected chi connectivity index (χ1v) is 8.71. The molecule has 118 valence electrons. The number of hydrogen-bond donors (Lipinski definition) is 0. The van der Waals surface area contributed by atoms with E-state index in [0.717, 1.165) is 0 Å². The normalized spacial score (nSPS) is 12.7. The fourth-order valence-corrected chi connectivity index (χ4v) is 3.03. The van der Waals surface area contributed by atoms with E-state index in [1.165, 1.54) is 24.3 Å². The molecule has 2 aromatic carbocycles. The second kappa shape index (κ2) is 5.96. The molecule has 1 aromatic heterocycles. The van der Waals surface area contributed by atoms with Crippen LogP contribution in [0.15, 0.2) is 57.8 Å². The number of fused-ring (bicyclic) bond motifs is 1. The summed E-state index contributed by atoms with van der Waals surface area (Å²) in [5.41, 5.74) is 1.33. The third kappa shape index (κ3) is 3.17. The number of halogens is 1. The van der Waals surface area contributed by atoms with Gasteiger partial charge in [0.25, 0.3) is 5.89 Å². The van der Waals surface area contributed by atoms with Crippen molar-refractivity contribution in [3.63, 3.8) is 0 Å². The van der Waals surface area contributed by atoms with E-state index < -0.39 is 15.7 Å². The van der Waals surface area contributed by atoms with E-state index in [2.05, 4.69) is 4.98 Å². The SMILES string of the molecule is CCS(=O)(=O)c1ccc2oc(C(F)=Cc3ccccc3)nc2c1. The van der Waals surface area contributed by atoms with Gasteiger partial charge in [-0.1, -0.05) is 37.3 Å². The molecule has 0 aliphatic rings. The van der Waals surface area contributed by atoms with Crippen LogP contribution < -0.4 is 0 Å². The molecule has 0 aliphatic carbocycles. The van der Waals surface area contributed by atoms with Gasteiger partial charge in [0, 0.05) is 0 Å². The average Bonchev–Trinajstić information content (AvgIpc) is 2.99. The van der Waals surface area contributed by atoms with Gasteiger partial charge in [-0.2, -0.15) is 0 Å². The van der Waals surface area contributed by atoms with Crippen molar-refractivity contribution in [1.29, 1.82) is 0 Å². The summed E-state index contributed by atoms with van der Waals surface area (Å²) >= 11 is 0. The minimum atomic E-state index is -3.34. The Morgan fingerprint density at radius 3 is 2.65 bits per heavy atom. The van der Waals surface area contributed by atoms with Gasteiger partial charge < -0.3 is 4.42 Å². The molecule has 0 spiro atoms. The molecule has 0 saturated carbocycles. The van der Waals surface area contributed by atoms with E-state index in [9.17, 15) is 12.8 Å². The van der Waals surface area contributed by atoms with Gasteiger partial charge in [0.2, 0.25) is 0 Å². The zero-order valence-corrected chi connectivity index (χ0v) is 13.2. The maximum atomic E-state index is 14.2. The molecule has 23 heavy (non-hydrogen) atoms. The monoisotopic (exact) mass is 331 g/mol. The predicted octanol–water partition coefficient (Wildman–Crippen LogP) is 4.09. The molecule has 0 radical (unpaired) electrons. The Bertz CT molecular complexity index is 976. The molecule has 0 saturated heterocycles. The lowest BCUT2D eigenvalue weighted by atomic mass is 10.2. The number of benzene rings is 2. The van der Waals surface area contributed by atoms with Gasteiger partial charge in [-0.3, -0.25) is 0 Å². The smallest absolute Gasteiger partial charge is 0.256 e. The summed E-state index contributed by atoms with van der Waals surface area (Å²) in [5.74, 6) is -0.798. The summed E-state index contributed by atoms with van der Waals surface area (Å²) in [5, 5.41) is 0. The second-order valence-corrected chi connectivity index (χ2v) is 7.23. The molecule has 0 N–H and O–H groups in total. The van der Waals surface area contributed by atoms with E-state index in [-0.39, 0.29) is 16.5 Å². The number of rotatable bonds is 4. The third-order valence-corrected chi connectivity index (χ3v) is 5.13. The van der Waals surface area contributed by atoms with Gasteiger partial charge in [0.15, 0.2) is 21.2 Å². The Hall–Kier alpha value is -2.47. The first-order valence-electron chi connectivity index (χ1n) is 7.05. The molecule has 1 heterocycles. The standard InChI is InChI=1S/C17H14FNO3S/c1-2-23(20,21)13-8-9-16-15(11-13)19-17(22-16)14(18)10-12-6-4-3-5-7-12/h3-11H,2H2,1H3. The Labute approximate surface area is 133 Å². The molecule has 0 aliphatic heterocycles.